The molecule has 0 bridgehead atoms. The lowest BCUT2D eigenvalue weighted by Gasteiger charge is -2.12. The Labute approximate surface area is 224 Å². The van der Waals surface area contributed by atoms with Gasteiger partial charge in [0, 0.05) is 11.4 Å². The van der Waals surface area contributed by atoms with Crippen molar-refractivity contribution in [3.63, 3.8) is 0 Å². The van der Waals surface area contributed by atoms with Crippen molar-refractivity contribution >= 4 is 66.4 Å². The van der Waals surface area contributed by atoms with Crippen LogP contribution >= 0.6 is 21.6 Å². The molecule has 10 heteroatoms. The maximum Gasteiger partial charge on any atom is 0.201 e. The van der Waals surface area contributed by atoms with Crippen LogP contribution in [0.4, 0.5) is 31.8 Å². The van der Waals surface area contributed by atoms with Crippen molar-refractivity contribution in [1.29, 1.82) is 0 Å². The Balaban J connectivity index is 1.34. The highest BCUT2D eigenvalue weighted by atomic mass is 33.1. The van der Waals surface area contributed by atoms with Crippen molar-refractivity contribution in [2.45, 2.75) is 10.3 Å². The summed E-state index contributed by atoms with van der Waals surface area (Å²) in [6.07, 6.45) is 0. The van der Waals surface area contributed by atoms with Gasteiger partial charge in [-0.1, -0.05) is 48.5 Å². The van der Waals surface area contributed by atoms with Crippen LogP contribution in [0.1, 0.15) is 0 Å². The number of benzene rings is 4. The van der Waals surface area contributed by atoms with Gasteiger partial charge in [-0.3, -0.25) is 0 Å². The number of nitrogens with zero attached hydrogens (tertiary/aromatic N) is 4. The number of fused-ring (bicyclic) bond motifs is 2. The molecule has 2 aromatic heterocycles. The molecule has 0 saturated carbocycles. The van der Waals surface area contributed by atoms with E-state index < -0.39 is 11.6 Å². The maximum atomic E-state index is 14.7. The Morgan fingerprint density at radius 2 is 0.895 bits per heavy atom. The van der Waals surface area contributed by atoms with Crippen molar-refractivity contribution in [3.05, 3.63) is 109 Å². The minimum Gasteiger partial charge on any atom is -0.339 e. The zero-order valence-corrected chi connectivity index (χ0v) is 21.2. The van der Waals surface area contributed by atoms with Crippen LogP contribution in [-0.2, 0) is 0 Å². The van der Waals surface area contributed by atoms with Gasteiger partial charge >= 0.3 is 0 Å². The molecule has 0 aliphatic heterocycles. The van der Waals surface area contributed by atoms with Crippen LogP contribution in [-0.4, -0.2) is 19.9 Å². The second-order valence-corrected chi connectivity index (χ2v) is 10.2. The summed E-state index contributed by atoms with van der Waals surface area (Å²) in [6.45, 7) is 0. The third-order valence-corrected chi connectivity index (χ3v) is 7.46. The van der Waals surface area contributed by atoms with Gasteiger partial charge in [-0.15, -0.1) is 0 Å². The molecule has 186 valence electrons. The summed E-state index contributed by atoms with van der Waals surface area (Å²) in [7, 11) is 2.46. The SMILES string of the molecule is Fc1cccc2nc(SSc3nc(Nc4ccccc4)c4c(F)cccc4n3)nc(Nc3ccccc3)c12. The predicted molar refractivity (Wildman–Crippen MR) is 150 cm³/mol. The smallest absolute Gasteiger partial charge is 0.201 e. The van der Waals surface area contributed by atoms with Gasteiger partial charge in [0.1, 0.15) is 23.3 Å². The van der Waals surface area contributed by atoms with Gasteiger partial charge < -0.3 is 10.6 Å². The van der Waals surface area contributed by atoms with E-state index in [0.717, 1.165) is 11.4 Å². The molecule has 2 N–H and O–H groups in total. The molecular formula is C28H18F2N6S2. The van der Waals surface area contributed by atoms with Crippen LogP contribution in [0.3, 0.4) is 0 Å². The van der Waals surface area contributed by atoms with Crippen LogP contribution in [0.5, 0.6) is 0 Å². The highest BCUT2D eigenvalue weighted by molar-refractivity contribution is 8.76. The normalized spacial score (nSPS) is 11.1. The molecule has 0 aliphatic rings. The third-order valence-electron chi connectivity index (χ3n) is 5.57. The number of halogens is 2. The van der Waals surface area contributed by atoms with Gasteiger partial charge in [0.05, 0.1) is 21.8 Å². The lowest BCUT2D eigenvalue weighted by atomic mass is 10.2. The Hall–Kier alpha value is -4.28. The van der Waals surface area contributed by atoms with Crippen LogP contribution in [0, 0.1) is 11.6 Å². The van der Waals surface area contributed by atoms with E-state index in [-0.39, 0.29) is 0 Å². The summed E-state index contributed by atoms with van der Waals surface area (Å²) in [5.41, 5.74) is 2.48. The first-order valence-corrected chi connectivity index (χ1v) is 13.7. The number of hydrogen-bond donors (Lipinski definition) is 2. The standard InChI is InChI=1S/C28H18F2N6S2/c29-19-13-7-15-21-23(19)25(31-17-9-3-1-4-10-17)35-27(33-21)37-38-28-34-22-16-8-14-20(30)24(22)26(36-28)32-18-11-5-2-6-12-18/h1-16H,(H,31,33,35)(H,32,34,36). The van der Waals surface area contributed by atoms with Crippen molar-refractivity contribution in [2.75, 3.05) is 10.6 Å². The number of para-hydroxylation sites is 2. The average Bonchev–Trinajstić information content (AvgIpc) is 2.93. The molecule has 6 rings (SSSR count). The summed E-state index contributed by atoms with van der Waals surface area (Å²) < 4.78 is 29.5. The first-order valence-electron chi connectivity index (χ1n) is 11.6. The fourth-order valence-corrected chi connectivity index (χ4v) is 5.46. The predicted octanol–water partition coefficient (Wildman–Crippen LogP) is 8.14. The summed E-state index contributed by atoms with van der Waals surface area (Å²) in [4.78, 5) is 18.3. The topological polar surface area (TPSA) is 75.6 Å². The highest BCUT2D eigenvalue weighted by Crippen LogP contribution is 2.38. The van der Waals surface area contributed by atoms with Crippen molar-refractivity contribution < 1.29 is 8.78 Å². The average molecular weight is 541 g/mol. The Morgan fingerprint density at radius 3 is 1.32 bits per heavy atom. The van der Waals surface area contributed by atoms with E-state index in [1.54, 1.807) is 24.3 Å². The minimum atomic E-state index is -0.415. The number of nitrogens with one attached hydrogen (secondary N) is 2. The summed E-state index contributed by atoms with van der Waals surface area (Å²) in [6, 6.07) is 28.3. The fraction of sp³-hybridized carbons (Fsp3) is 0. The first-order chi connectivity index (χ1) is 18.6. The van der Waals surface area contributed by atoms with Crippen LogP contribution in [0.2, 0.25) is 0 Å². The maximum absolute atomic E-state index is 14.7. The zero-order valence-electron chi connectivity index (χ0n) is 19.6. The van der Waals surface area contributed by atoms with E-state index in [1.807, 2.05) is 60.7 Å². The van der Waals surface area contributed by atoms with Crippen molar-refractivity contribution in [2.24, 2.45) is 0 Å². The lowest BCUT2D eigenvalue weighted by molar-refractivity contribution is 0.638. The molecule has 6 aromatic rings. The number of anilines is 4. The zero-order chi connectivity index (χ0) is 25.9. The third kappa shape index (κ3) is 5.09. The summed E-state index contributed by atoms with van der Waals surface area (Å²) in [5.74, 6) is -0.117. The van der Waals surface area contributed by atoms with Crippen molar-refractivity contribution in [1.82, 2.24) is 19.9 Å². The molecule has 2 heterocycles. The van der Waals surface area contributed by atoms with Gasteiger partial charge in [0.15, 0.2) is 0 Å². The second-order valence-electron chi connectivity index (χ2n) is 8.13. The van der Waals surface area contributed by atoms with Crippen LogP contribution in [0.15, 0.2) is 107 Å². The molecule has 6 nitrogen and oxygen atoms in total. The van der Waals surface area contributed by atoms with E-state index in [0.29, 0.717) is 43.8 Å². The number of rotatable bonds is 7. The van der Waals surface area contributed by atoms with Gasteiger partial charge in [-0.2, -0.15) is 0 Å². The molecule has 0 amide bonds. The van der Waals surface area contributed by atoms with E-state index >= 15 is 0 Å². The Bertz CT molecular complexity index is 1620. The molecular weight excluding hydrogens is 522 g/mol. The van der Waals surface area contributed by atoms with Gasteiger partial charge in [-0.05, 0) is 70.1 Å². The molecule has 0 spiro atoms. The van der Waals surface area contributed by atoms with Crippen molar-refractivity contribution in [3.8, 4) is 0 Å². The quantitative estimate of drug-likeness (QED) is 0.155. The first kappa shape index (κ1) is 24.1. The lowest BCUT2D eigenvalue weighted by Crippen LogP contribution is -2.01. The van der Waals surface area contributed by atoms with Crippen LogP contribution in [0.25, 0.3) is 21.8 Å². The highest BCUT2D eigenvalue weighted by Gasteiger charge is 2.16. The molecule has 0 aliphatic carbocycles. The van der Waals surface area contributed by atoms with E-state index in [2.05, 4.69) is 30.6 Å². The molecule has 0 saturated heterocycles. The molecule has 0 fully saturated rings. The minimum absolute atomic E-state index is 0.303. The molecule has 0 radical (unpaired) electrons. The summed E-state index contributed by atoms with van der Waals surface area (Å²) >= 11 is 0. The van der Waals surface area contributed by atoms with E-state index in [4.69, 9.17) is 0 Å². The summed E-state index contributed by atoms with van der Waals surface area (Å²) in [5, 5.41) is 7.79. The van der Waals surface area contributed by atoms with Gasteiger partial charge in [0.2, 0.25) is 10.3 Å². The molecule has 0 unspecified atom stereocenters. The Kier molecular flexibility index (Phi) is 6.72. The Morgan fingerprint density at radius 1 is 0.474 bits per heavy atom. The second kappa shape index (κ2) is 10.6. The van der Waals surface area contributed by atoms with Crippen LogP contribution < -0.4 is 10.6 Å². The number of hydrogen-bond acceptors (Lipinski definition) is 8. The van der Waals surface area contributed by atoms with E-state index in [9.17, 15) is 8.78 Å². The molecule has 0 atom stereocenters. The van der Waals surface area contributed by atoms with Gasteiger partial charge in [-0.25, -0.2) is 28.7 Å². The largest absolute Gasteiger partial charge is 0.339 e. The molecule has 38 heavy (non-hydrogen) atoms. The molecule has 4 aromatic carbocycles. The number of aromatic nitrogens is 4. The fourth-order valence-electron chi connectivity index (χ4n) is 3.89. The van der Waals surface area contributed by atoms with Gasteiger partial charge in [0.25, 0.3) is 0 Å². The monoisotopic (exact) mass is 540 g/mol. The van der Waals surface area contributed by atoms with E-state index in [1.165, 1.54) is 33.7 Å².